The molecule has 0 bridgehead atoms. The second kappa shape index (κ2) is 7.71. The number of aliphatic hydroxyl groups excluding tert-OH is 1. The molecule has 0 saturated heterocycles. The van der Waals surface area contributed by atoms with Gasteiger partial charge in [0.05, 0.1) is 6.10 Å². The number of hydrogen-bond acceptors (Lipinski definition) is 3. The van der Waals surface area contributed by atoms with Crippen LogP contribution < -0.4 is 5.32 Å². The summed E-state index contributed by atoms with van der Waals surface area (Å²) in [5.74, 6) is -0.0985. The first-order valence-corrected chi connectivity index (χ1v) is 8.10. The van der Waals surface area contributed by atoms with Crippen LogP contribution in [-0.2, 0) is 4.79 Å². The minimum atomic E-state index is -0.225. The van der Waals surface area contributed by atoms with Crippen molar-refractivity contribution in [2.75, 3.05) is 0 Å². The quantitative estimate of drug-likeness (QED) is 0.799. The third kappa shape index (κ3) is 5.25. The molecule has 2 N–H and O–H groups in total. The molecule has 0 atom stereocenters. The maximum Gasteiger partial charge on any atom is 0.220 e. The first-order chi connectivity index (χ1) is 10.0. The third-order valence-corrected chi connectivity index (χ3v) is 4.34. The van der Waals surface area contributed by atoms with Crippen molar-refractivity contribution in [3.05, 3.63) is 34.3 Å². The molecule has 114 valence electrons. The van der Waals surface area contributed by atoms with Crippen LogP contribution in [0.1, 0.15) is 48.9 Å². The SMILES string of the molecule is O=C(CCC(=O)c1ccc(Br)cc1)NC1CCC(O)CC1. The third-order valence-electron chi connectivity index (χ3n) is 3.81. The van der Waals surface area contributed by atoms with E-state index in [9.17, 15) is 14.7 Å². The van der Waals surface area contributed by atoms with Crippen molar-refractivity contribution in [2.24, 2.45) is 0 Å². The van der Waals surface area contributed by atoms with Gasteiger partial charge in [-0.1, -0.05) is 28.1 Å². The van der Waals surface area contributed by atoms with Gasteiger partial charge in [0.25, 0.3) is 0 Å². The van der Waals surface area contributed by atoms with Crippen molar-refractivity contribution in [2.45, 2.75) is 50.7 Å². The number of benzene rings is 1. The number of halogens is 1. The Balaban J connectivity index is 1.73. The van der Waals surface area contributed by atoms with Gasteiger partial charge in [0.15, 0.2) is 5.78 Å². The van der Waals surface area contributed by atoms with Crippen LogP contribution in [0.15, 0.2) is 28.7 Å². The number of amides is 1. The highest BCUT2D eigenvalue weighted by molar-refractivity contribution is 9.10. The summed E-state index contributed by atoms with van der Waals surface area (Å²) >= 11 is 3.32. The molecule has 0 radical (unpaired) electrons. The van der Waals surface area contributed by atoms with Crippen LogP contribution in [-0.4, -0.2) is 28.9 Å². The molecule has 1 fully saturated rings. The van der Waals surface area contributed by atoms with Crippen LogP contribution in [0.5, 0.6) is 0 Å². The van der Waals surface area contributed by atoms with E-state index < -0.39 is 0 Å². The lowest BCUT2D eigenvalue weighted by Gasteiger charge is -2.26. The number of rotatable bonds is 5. The maximum absolute atomic E-state index is 12.0. The number of carbonyl (C=O) groups is 2. The summed E-state index contributed by atoms with van der Waals surface area (Å²) in [6.45, 7) is 0. The zero-order valence-electron chi connectivity index (χ0n) is 11.8. The molecule has 0 aliphatic heterocycles. The molecular formula is C16H20BrNO3. The predicted molar refractivity (Wildman–Crippen MR) is 84.1 cm³/mol. The molecule has 1 aromatic rings. The minimum Gasteiger partial charge on any atom is -0.393 e. The highest BCUT2D eigenvalue weighted by Crippen LogP contribution is 2.18. The number of carbonyl (C=O) groups excluding carboxylic acids is 2. The van der Waals surface area contributed by atoms with Crippen LogP contribution in [0.2, 0.25) is 0 Å². The second-order valence-corrected chi connectivity index (χ2v) is 6.42. The molecule has 1 aliphatic carbocycles. The normalized spacial score (nSPS) is 21.8. The minimum absolute atomic E-state index is 0.0169. The number of aliphatic hydroxyl groups is 1. The Hall–Kier alpha value is -1.20. The average molecular weight is 354 g/mol. The van der Waals surface area contributed by atoms with Gasteiger partial charge in [0.1, 0.15) is 0 Å². The van der Waals surface area contributed by atoms with E-state index in [0.717, 1.165) is 30.2 Å². The summed E-state index contributed by atoms with van der Waals surface area (Å²) in [7, 11) is 0. The van der Waals surface area contributed by atoms with Gasteiger partial charge in [0, 0.05) is 28.9 Å². The molecule has 21 heavy (non-hydrogen) atoms. The maximum atomic E-state index is 12.0. The summed E-state index contributed by atoms with van der Waals surface area (Å²) in [6, 6.07) is 7.30. The van der Waals surface area contributed by atoms with Gasteiger partial charge >= 0.3 is 0 Å². The van der Waals surface area contributed by atoms with Crippen molar-refractivity contribution in [3.8, 4) is 0 Å². The first kappa shape index (κ1) is 16.2. The molecule has 1 aromatic carbocycles. The molecule has 1 amide bonds. The molecule has 0 spiro atoms. The summed E-state index contributed by atoms with van der Waals surface area (Å²) < 4.78 is 0.927. The van der Waals surface area contributed by atoms with E-state index in [1.807, 2.05) is 12.1 Å². The predicted octanol–water partition coefficient (Wildman–Crippen LogP) is 2.83. The van der Waals surface area contributed by atoms with Gasteiger partial charge in [-0.25, -0.2) is 0 Å². The molecule has 0 aromatic heterocycles. The van der Waals surface area contributed by atoms with Crippen LogP contribution in [0.4, 0.5) is 0 Å². The fraction of sp³-hybridized carbons (Fsp3) is 0.500. The van der Waals surface area contributed by atoms with E-state index in [1.54, 1.807) is 12.1 Å². The smallest absolute Gasteiger partial charge is 0.220 e. The zero-order chi connectivity index (χ0) is 15.2. The van der Waals surface area contributed by atoms with Gasteiger partial charge in [-0.2, -0.15) is 0 Å². The monoisotopic (exact) mass is 353 g/mol. The highest BCUT2D eigenvalue weighted by atomic mass is 79.9. The largest absolute Gasteiger partial charge is 0.393 e. The Kier molecular flexibility index (Phi) is 5.94. The Morgan fingerprint density at radius 1 is 1.10 bits per heavy atom. The van der Waals surface area contributed by atoms with Crippen molar-refractivity contribution in [3.63, 3.8) is 0 Å². The molecule has 2 rings (SSSR count). The molecule has 1 saturated carbocycles. The lowest BCUT2D eigenvalue weighted by Crippen LogP contribution is -2.38. The zero-order valence-corrected chi connectivity index (χ0v) is 13.4. The fourth-order valence-electron chi connectivity index (χ4n) is 2.53. The van der Waals surface area contributed by atoms with Crippen LogP contribution in [0, 0.1) is 0 Å². The Labute approximate surface area is 133 Å². The van der Waals surface area contributed by atoms with Crippen molar-refractivity contribution in [1.29, 1.82) is 0 Å². The number of ketones is 1. The van der Waals surface area contributed by atoms with Gasteiger partial charge in [-0.15, -0.1) is 0 Å². The standard InChI is InChI=1S/C16H20BrNO3/c17-12-3-1-11(2-4-12)15(20)9-10-16(21)18-13-5-7-14(19)8-6-13/h1-4,13-14,19H,5-10H2,(H,18,21). The van der Waals surface area contributed by atoms with Gasteiger partial charge in [-0.3, -0.25) is 9.59 Å². The van der Waals surface area contributed by atoms with Crippen molar-refractivity contribution >= 4 is 27.6 Å². The van der Waals surface area contributed by atoms with E-state index in [4.69, 9.17) is 0 Å². The Morgan fingerprint density at radius 3 is 2.33 bits per heavy atom. The average Bonchev–Trinajstić information content (AvgIpc) is 2.48. The van der Waals surface area contributed by atoms with Gasteiger partial charge in [-0.05, 0) is 37.8 Å². The Morgan fingerprint density at radius 2 is 1.71 bits per heavy atom. The van der Waals surface area contributed by atoms with E-state index in [1.165, 1.54) is 0 Å². The van der Waals surface area contributed by atoms with Gasteiger partial charge < -0.3 is 10.4 Å². The lowest BCUT2D eigenvalue weighted by molar-refractivity contribution is -0.122. The summed E-state index contributed by atoms with van der Waals surface area (Å²) in [5, 5.41) is 12.4. The number of hydrogen-bond donors (Lipinski definition) is 2. The van der Waals surface area contributed by atoms with E-state index in [-0.39, 0.29) is 36.7 Å². The van der Waals surface area contributed by atoms with Crippen LogP contribution >= 0.6 is 15.9 Å². The lowest BCUT2D eigenvalue weighted by atomic mass is 9.93. The number of Topliss-reactive ketones (excluding diaryl/α,β-unsaturated/α-hetero) is 1. The molecular weight excluding hydrogens is 334 g/mol. The summed E-state index contributed by atoms with van der Waals surface area (Å²) in [4.78, 5) is 23.8. The number of nitrogens with one attached hydrogen (secondary N) is 1. The van der Waals surface area contributed by atoms with Crippen molar-refractivity contribution in [1.82, 2.24) is 5.32 Å². The molecule has 5 heteroatoms. The topological polar surface area (TPSA) is 66.4 Å². The second-order valence-electron chi connectivity index (χ2n) is 5.50. The first-order valence-electron chi connectivity index (χ1n) is 7.31. The van der Waals surface area contributed by atoms with E-state index in [0.29, 0.717) is 5.56 Å². The summed E-state index contributed by atoms with van der Waals surface area (Å²) in [6.07, 6.45) is 3.32. The van der Waals surface area contributed by atoms with E-state index in [2.05, 4.69) is 21.2 Å². The highest BCUT2D eigenvalue weighted by Gasteiger charge is 2.20. The molecule has 4 nitrogen and oxygen atoms in total. The Bertz CT molecular complexity index is 493. The molecule has 0 heterocycles. The summed E-state index contributed by atoms with van der Waals surface area (Å²) in [5.41, 5.74) is 0.631. The van der Waals surface area contributed by atoms with Crippen LogP contribution in [0.3, 0.4) is 0 Å². The fourth-order valence-corrected chi connectivity index (χ4v) is 2.79. The van der Waals surface area contributed by atoms with Gasteiger partial charge in [0.2, 0.25) is 5.91 Å². The van der Waals surface area contributed by atoms with E-state index >= 15 is 0 Å². The molecule has 0 unspecified atom stereocenters. The van der Waals surface area contributed by atoms with Crippen molar-refractivity contribution < 1.29 is 14.7 Å². The molecule has 1 aliphatic rings. The van der Waals surface area contributed by atoms with Crippen LogP contribution in [0.25, 0.3) is 0 Å².